The van der Waals surface area contributed by atoms with E-state index in [1.807, 2.05) is 6.07 Å². The van der Waals surface area contributed by atoms with Gasteiger partial charge in [-0.15, -0.1) is 0 Å². The number of ether oxygens (including phenoxy) is 2. The third-order valence-electron chi connectivity index (χ3n) is 5.12. The minimum atomic E-state index is 0.305. The molecule has 1 aromatic rings. The van der Waals surface area contributed by atoms with Gasteiger partial charge in [-0.2, -0.15) is 0 Å². The normalized spacial score (nSPS) is 26.9. The molecular weight excluding hydrogens is 292 g/mol. The fraction of sp³-hybridized carbons (Fsp3) is 0.611. The topological polar surface area (TPSA) is 42.0 Å². The summed E-state index contributed by atoms with van der Waals surface area (Å²) in [6.07, 6.45) is 1.08. The van der Waals surface area contributed by atoms with Crippen molar-refractivity contribution in [1.29, 1.82) is 0 Å². The highest BCUT2D eigenvalue weighted by molar-refractivity contribution is 5.81. The molecular formula is C18H24N2O3. The van der Waals surface area contributed by atoms with Crippen molar-refractivity contribution < 1.29 is 14.3 Å². The van der Waals surface area contributed by atoms with Crippen molar-refractivity contribution in [2.75, 3.05) is 39.4 Å². The Morgan fingerprint density at radius 3 is 2.52 bits per heavy atom. The summed E-state index contributed by atoms with van der Waals surface area (Å²) in [5.41, 5.74) is 1.24. The highest BCUT2D eigenvalue weighted by Gasteiger charge is 2.41. The summed E-state index contributed by atoms with van der Waals surface area (Å²) in [5, 5.41) is 0. The Morgan fingerprint density at radius 1 is 1.13 bits per heavy atom. The second kappa shape index (κ2) is 6.04. The van der Waals surface area contributed by atoms with Gasteiger partial charge in [-0.05, 0) is 30.0 Å². The number of carbonyl (C=O) groups is 1. The maximum absolute atomic E-state index is 12.3. The number of carbonyl (C=O) groups excluding carboxylic acids is 1. The quantitative estimate of drug-likeness (QED) is 0.852. The van der Waals surface area contributed by atoms with Crippen molar-refractivity contribution in [3.8, 4) is 11.5 Å². The fourth-order valence-electron chi connectivity index (χ4n) is 3.47. The molecule has 0 N–H and O–H groups in total. The third-order valence-corrected chi connectivity index (χ3v) is 5.12. The molecule has 2 heterocycles. The van der Waals surface area contributed by atoms with E-state index < -0.39 is 0 Å². The molecule has 0 spiro atoms. The molecule has 5 heteroatoms. The van der Waals surface area contributed by atoms with Crippen LogP contribution in [0.25, 0.3) is 0 Å². The Labute approximate surface area is 137 Å². The van der Waals surface area contributed by atoms with Gasteiger partial charge in [0.05, 0.1) is 0 Å². The average Bonchev–Trinajstić information content (AvgIpc) is 3.32. The van der Waals surface area contributed by atoms with Crippen LogP contribution < -0.4 is 9.47 Å². The molecule has 0 unspecified atom stereocenters. The molecule has 0 bridgehead atoms. The van der Waals surface area contributed by atoms with Crippen molar-refractivity contribution in [3.05, 3.63) is 23.8 Å². The molecule has 2 atom stereocenters. The van der Waals surface area contributed by atoms with Crippen molar-refractivity contribution in [2.45, 2.75) is 19.9 Å². The number of amides is 1. The summed E-state index contributed by atoms with van der Waals surface area (Å²) in [7, 11) is 0. The Kier molecular flexibility index (Phi) is 3.89. The van der Waals surface area contributed by atoms with Crippen molar-refractivity contribution >= 4 is 5.91 Å². The highest BCUT2D eigenvalue weighted by Crippen LogP contribution is 2.39. The van der Waals surface area contributed by atoms with E-state index in [2.05, 4.69) is 28.9 Å². The molecule has 0 aromatic heterocycles. The van der Waals surface area contributed by atoms with Crippen LogP contribution in [0.5, 0.6) is 11.5 Å². The molecule has 124 valence electrons. The van der Waals surface area contributed by atoms with Gasteiger partial charge < -0.3 is 14.4 Å². The lowest BCUT2D eigenvalue weighted by atomic mass is 10.1. The molecule has 2 aliphatic heterocycles. The second-order valence-electron chi connectivity index (χ2n) is 6.90. The van der Waals surface area contributed by atoms with Crippen LogP contribution in [0.1, 0.15) is 18.9 Å². The van der Waals surface area contributed by atoms with Crippen molar-refractivity contribution in [1.82, 2.24) is 9.80 Å². The summed E-state index contributed by atoms with van der Waals surface area (Å²) in [6.45, 7) is 7.92. The molecule has 23 heavy (non-hydrogen) atoms. The second-order valence-corrected chi connectivity index (χ2v) is 6.90. The first-order valence-electron chi connectivity index (χ1n) is 8.60. The maximum Gasteiger partial charge on any atom is 0.226 e. The zero-order valence-corrected chi connectivity index (χ0v) is 13.7. The number of hydrogen-bond donors (Lipinski definition) is 0. The van der Waals surface area contributed by atoms with Gasteiger partial charge in [0.1, 0.15) is 13.2 Å². The number of fused-ring (bicyclic) bond motifs is 1. The summed E-state index contributed by atoms with van der Waals surface area (Å²) >= 11 is 0. The van der Waals surface area contributed by atoms with Gasteiger partial charge in [0.2, 0.25) is 5.91 Å². The van der Waals surface area contributed by atoms with Gasteiger partial charge in [0.15, 0.2) is 11.5 Å². The Bertz CT molecular complexity index is 596. The highest BCUT2D eigenvalue weighted by atomic mass is 16.6. The zero-order chi connectivity index (χ0) is 15.8. The molecule has 3 aliphatic rings. The van der Waals surface area contributed by atoms with Crippen LogP contribution in [0, 0.1) is 11.8 Å². The minimum absolute atomic E-state index is 0.305. The molecule has 0 radical (unpaired) electrons. The summed E-state index contributed by atoms with van der Waals surface area (Å²) < 4.78 is 11.2. The van der Waals surface area contributed by atoms with E-state index in [0.717, 1.165) is 50.6 Å². The number of benzene rings is 1. The lowest BCUT2D eigenvalue weighted by molar-refractivity contribution is -0.134. The number of hydrogen-bond acceptors (Lipinski definition) is 4. The number of nitrogens with zero attached hydrogens (tertiary/aromatic N) is 2. The van der Waals surface area contributed by atoms with E-state index in [0.29, 0.717) is 31.0 Å². The summed E-state index contributed by atoms with van der Waals surface area (Å²) in [5.74, 6) is 2.97. The van der Waals surface area contributed by atoms with E-state index in [1.54, 1.807) is 0 Å². The van der Waals surface area contributed by atoms with Crippen LogP contribution >= 0.6 is 0 Å². The van der Waals surface area contributed by atoms with E-state index >= 15 is 0 Å². The van der Waals surface area contributed by atoms with E-state index in [1.165, 1.54) is 5.56 Å². The lowest BCUT2D eigenvalue weighted by Gasteiger charge is -2.35. The fourth-order valence-corrected chi connectivity index (χ4v) is 3.47. The van der Waals surface area contributed by atoms with Gasteiger partial charge in [-0.1, -0.05) is 13.0 Å². The Morgan fingerprint density at radius 2 is 1.83 bits per heavy atom. The molecule has 1 saturated heterocycles. The van der Waals surface area contributed by atoms with Crippen LogP contribution in [-0.2, 0) is 11.3 Å². The number of piperazine rings is 1. The van der Waals surface area contributed by atoms with Gasteiger partial charge in [-0.3, -0.25) is 9.69 Å². The first kappa shape index (κ1) is 14.8. The first-order chi connectivity index (χ1) is 11.2. The van der Waals surface area contributed by atoms with Crippen LogP contribution in [0.3, 0.4) is 0 Å². The standard InChI is InChI=1S/C18H24N2O3/c1-13-10-15(13)18(21)20-6-4-19(5-7-20)12-14-2-3-16-17(11-14)23-9-8-22-16/h2-3,11,13,15H,4-10,12H2,1H3/t13-,15+/m1/s1. The maximum atomic E-state index is 12.3. The Balaban J connectivity index is 1.32. The average molecular weight is 316 g/mol. The monoisotopic (exact) mass is 316 g/mol. The lowest BCUT2D eigenvalue weighted by Crippen LogP contribution is -2.48. The van der Waals surface area contributed by atoms with Crippen LogP contribution in [0.2, 0.25) is 0 Å². The zero-order valence-electron chi connectivity index (χ0n) is 13.7. The minimum Gasteiger partial charge on any atom is -0.486 e. The summed E-state index contributed by atoms with van der Waals surface area (Å²) in [4.78, 5) is 16.7. The van der Waals surface area contributed by atoms with E-state index in [-0.39, 0.29) is 0 Å². The van der Waals surface area contributed by atoms with E-state index in [9.17, 15) is 4.79 Å². The molecule has 1 aliphatic carbocycles. The SMILES string of the molecule is C[C@@H]1C[C@@H]1C(=O)N1CCN(Cc2ccc3c(c2)OCCO3)CC1. The molecule has 1 aromatic carbocycles. The molecule has 1 saturated carbocycles. The predicted octanol–water partition coefficient (Wildman–Crippen LogP) is 1.76. The molecule has 2 fully saturated rings. The largest absolute Gasteiger partial charge is 0.486 e. The van der Waals surface area contributed by atoms with Gasteiger partial charge in [-0.25, -0.2) is 0 Å². The first-order valence-corrected chi connectivity index (χ1v) is 8.60. The molecule has 5 nitrogen and oxygen atoms in total. The summed E-state index contributed by atoms with van der Waals surface area (Å²) in [6, 6.07) is 6.19. The van der Waals surface area contributed by atoms with Crippen LogP contribution in [0.15, 0.2) is 18.2 Å². The third kappa shape index (κ3) is 3.15. The number of rotatable bonds is 3. The van der Waals surface area contributed by atoms with Crippen molar-refractivity contribution in [2.24, 2.45) is 11.8 Å². The van der Waals surface area contributed by atoms with Gasteiger partial charge in [0, 0.05) is 38.6 Å². The molecule has 1 amide bonds. The smallest absolute Gasteiger partial charge is 0.226 e. The molecule has 4 rings (SSSR count). The van der Waals surface area contributed by atoms with E-state index in [4.69, 9.17) is 9.47 Å². The van der Waals surface area contributed by atoms with Crippen molar-refractivity contribution in [3.63, 3.8) is 0 Å². The van der Waals surface area contributed by atoms with Crippen LogP contribution in [-0.4, -0.2) is 55.1 Å². The van der Waals surface area contributed by atoms with Gasteiger partial charge in [0.25, 0.3) is 0 Å². The van der Waals surface area contributed by atoms with Gasteiger partial charge >= 0.3 is 0 Å². The van der Waals surface area contributed by atoms with Crippen LogP contribution in [0.4, 0.5) is 0 Å². The Hall–Kier alpha value is -1.75. The predicted molar refractivity (Wildman–Crippen MR) is 86.6 cm³/mol.